The van der Waals surface area contributed by atoms with E-state index in [0.717, 1.165) is 50.3 Å². The number of carboxylic acids is 1. The van der Waals surface area contributed by atoms with Gasteiger partial charge in [0.1, 0.15) is 6.29 Å². The summed E-state index contributed by atoms with van der Waals surface area (Å²) in [5.41, 5.74) is 2.47. The minimum absolute atomic E-state index is 0.192. The molecule has 0 bridgehead atoms. The number of benzene rings is 1. The van der Waals surface area contributed by atoms with Crippen LogP contribution < -0.4 is 10.2 Å². The molecular formula is C22H30N4O5. The van der Waals surface area contributed by atoms with Gasteiger partial charge in [-0.3, -0.25) is 34.3 Å². The van der Waals surface area contributed by atoms with E-state index in [1.807, 2.05) is 30.1 Å². The first kappa shape index (κ1) is 22.9. The van der Waals surface area contributed by atoms with Crippen molar-refractivity contribution in [2.75, 3.05) is 44.7 Å². The van der Waals surface area contributed by atoms with Crippen molar-refractivity contribution in [3.63, 3.8) is 0 Å². The van der Waals surface area contributed by atoms with E-state index < -0.39 is 12.0 Å². The quantitative estimate of drug-likeness (QED) is 0.436. The number of carboxylic acid groups (broad SMARTS) is 1. The van der Waals surface area contributed by atoms with Gasteiger partial charge in [0.15, 0.2) is 0 Å². The Bertz CT molecular complexity index is 835. The highest BCUT2D eigenvalue weighted by Gasteiger charge is 2.30. The highest BCUT2D eigenvalue weighted by Crippen LogP contribution is 2.23. The molecule has 0 radical (unpaired) electrons. The van der Waals surface area contributed by atoms with Crippen molar-refractivity contribution in [2.24, 2.45) is 0 Å². The number of imide groups is 1. The smallest absolute Gasteiger partial charge is 0.303 e. The number of amides is 2. The monoisotopic (exact) mass is 430 g/mol. The van der Waals surface area contributed by atoms with Crippen molar-refractivity contribution in [1.29, 1.82) is 0 Å². The Morgan fingerprint density at radius 1 is 1.26 bits per heavy atom. The molecule has 1 unspecified atom stereocenters. The summed E-state index contributed by atoms with van der Waals surface area (Å²) in [7, 11) is 1.83. The molecule has 9 heteroatoms. The molecule has 1 aromatic carbocycles. The number of likely N-dealkylation sites (N-methyl/N-ethyl adjacent to an activating group) is 1. The fourth-order valence-electron chi connectivity index (χ4n) is 4.21. The predicted molar refractivity (Wildman–Crippen MR) is 115 cm³/mol. The molecular weight excluding hydrogens is 400 g/mol. The number of piperidine rings is 1. The molecule has 2 N–H and O–H groups in total. The number of aldehydes is 1. The van der Waals surface area contributed by atoms with Crippen LogP contribution in [0.2, 0.25) is 0 Å². The molecule has 2 aliphatic heterocycles. The summed E-state index contributed by atoms with van der Waals surface area (Å²) in [6, 6.07) is 5.37. The molecule has 9 nitrogen and oxygen atoms in total. The molecule has 0 aliphatic carbocycles. The van der Waals surface area contributed by atoms with Gasteiger partial charge in [0, 0.05) is 56.8 Å². The lowest BCUT2D eigenvalue weighted by molar-refractivity contribution is -0.138. The molecule has 0 saturated carbocycles. The van der Waals surface area contributed by atoms with Gasteiger partial charge >= 0.3 is 5.97 Å². The Labute approximate surface area is 182 Å². The van der Waals surface area contributed by atoms with E-state index in [9.17, 15) is 19.2 Å². The summed E-state index contributed by atoms with van der Waals surface area (Å²) in [6.45, 7) is 4.60. The molecule has 3 rings (SSSR count). The SMILES string of the molecule is CN(Cc1cc(N2CCN(CCCC(=O)O)CC2)ccc1C=O)C1CCC(=O)NC1=O. The number of nitrogens with zero attached hydrogens (tertiary/aromatic N) is 3. The van der Waals surface area contributed by atoms with Gasteiger partial charge in [0.2, 0.25) is 11.8 Å². The minimum Gasteiger partial charge on any atom is -0.481 e. The van der Waals surface area contributed by atoms with Crippen LogP contribution in [0.15, 0.2) is 18.2 Å². The van der Waals surface area contributed by atoms with E-state index in [1.54, 1.807) is 0 Å². The van der Waals surface area contributed by atoms with Gasteiger partial charge in [-0.15, -0.1) is 0 Å². The first-order chi connectivity index (χ1) is 14.9. The second kappa shape index (κ2) is 10.5. The van der Waals surface area contributed by atoms with Gasteiger partial charge in [-0.1, -0.05) is 0 Å². The van der Waals surface area contributed by atoms with Crippen molar-refractivity contribution in [2.45, 2.75) is 38.3 Å². The van der Waals surface area contributed by atoms with Crippen LogP contribution in [-0.2, 0) is 20.9 Å². The lowest BCUT2D eigenvalue weighted by atomic mass is 10.0. The van der Waals surface area contributed by atoms with Gasteiger partial charge in [0.05, 0.1) is 6.04 Å². The maximum absolute atomic E-state index is 12.2. The van der Waals surface area contributed by atoms with Gasteiger partial charge in [-0.05, 0) is 50.2 Å². The molecule has 2 amide bonds. The Hall–Kier alpha value is -2.78. The standard InChI is InChI=1S/C22H30N4O5/c1-24(19-6-7-20(28)23-22(19)31)14-17-13-18(5-4-16(17)15-27)26-11-9-25(10-12-26)8-2-3-21(29)30/h4-5,13,15,19H,2-3,6-12,14H2,1H3,(H,29,30)(H,23,28,31). The van der Waals surface area contributed by atoms with Crippen LogP contribution in [0.1, 0.15) is 41.6 Å². The largest absolute Gasteiger partial charge is 0.481 e. The van der Waals surface area contributed by atoms with E-state index in [-0.39, 0.29) is 18.2 Å². The fourth-order valence-corrected chi connectivity index (χ4v) is 4.21. The average Bonchev–Trinajstić information content (AvgIpc) is 2.74. The van der Waals surface area contributed by atoms with Crippen molar-refractivity contribution in [3.8, 4) is 0 Å². The molecule has 2 saturated heterocycles. The fraction of sp³-hybridized carbons (Fsp3) is 0.545. The Morgan fingerprint density at radius 2 is 2.00 bits per heavy atom. The topological polar surface area (TPSA) is 110 Å². The summed E-state index contributed by atoms with van der Waals surface area (Å²) in [4.78, 5) is 52.2. The molecule has 0 spiro atoms. The highest BCUT2D eigenvalue weighted by atomic mass is 16.4. The Morgan fingerprint density at radius 3 is 2.65 bits per heavy atom. The number of hydrogen-bond donors (Lipinski definition) is 2. The second-order valence-electron chi connectivity index (χ2n) is 8.21. The van der Waals surface area contributed by atoms with E-state index in [2.05, 4.69) is 15.1 Å². The number of hydrogen-bond acceptors (Lipinski definition) is 7. The van der Waals surface area contributed by atoms with Crippen molar-refractivity contribution in [1.82, 2.24) is 15.1 Å². The predicted octanol–water partition coefficient (Wildman–Crippen LogP) is 0.723. The van der Waals surface area contributed by atoms with E-state index in [1.165, 1.54) is 0 Å². The Kier molecular flexibility index (Phi) is 7.75. The Balaban J connectivity index is 1.62. The molecule has 2 aliphatic rings. The molecule has 1 aromatic rings. The normalized spacial score (nSPS) is 20.1. The van der Waals surface area contributed by atoms with E-state index in [0.29, 0.717) is 31.4 Å². The maximum atomic E-state index is 12.2. The number of aliphatic carboxylic acids is 1. The van der Waals surface area contributed by atoms with E-state index >= 15 is 0 Å². The summed E-state index contributed by atoms with van der Waals surface area (Å²) in [5, 5.41) is 11.2. The summed E-state index contributed by atoms with van der Waals surface area (Å²) in [5.74, 6) is -1.29. The van der Waals surface area contributed by atoms with Crippen LogP contribution in [0.5, 0.6) is 0 Å². The third kappa shape index (κ3) is 6.11. The number of carbonyl (C=O) groups excluding carboxylic acids is 3. The first-order valence-electron chi connectivity index (χ1n) is 10.7. The maximum Gasteiger partial charge on any atom is 0.303 e. The first-order valence-corrected chi connectivity index (χ1v) is 10.7. The number of nitrogens with one attached hydrogen (secondary N) is 1. The van der Waals surface area contributed by atoms with Gasteiger partial charge in [-0.2, -0.15) is 0 Å². The van der Waals surface area contributed by atoms with Crippen LogP contribution in [0, 0.1) is 0 Å². The third-order valence-corrected chi connectivity index (χ3v) is 6.02. The molecule has 2 heterocycles. The minimum atomic E-state index is -0.760. The number of piperazine rings is 1. The zero-order valence-corrected chi connectivity index (χ0v) is 17.9. The molecule has 0 aromatic heterocycles. The van der Waals surface area contributed by atoms with E-state index in [4.69, 9.17) is 5.11 Å². The zero-order chi connectivity index (χ0) is 22.4. The molecule has 1 atom stereocenters. The van der Waals surface area contributed by atoms with Crippen LogP contribution in [-0.4, -0.2) is 84.8 Å². The zero-order valence-electron chi connectivity index (χ0n) is 17.9. The van der Waals surface area contributed by atoms with Crippen LogP contribution in [0.25, 0.3) is 0 Å². The average molecular weight is 431 g/mol. The van der Waals surface area contributed by atoms with Crippen LogP contribution in [0.3, 0.4) is 0 Å². The van der Waals surface area contributed by atoms with Gasteiger partial charge in [-0.25, -0.2) is 0 Å². The van der Waals surface area contributed by atoms with Crippen molar-refractivity contribution in [3.05, 3.63) is 29.3 Å². The van der Waals surface area contributed by atoms with Crippen molar-refractivity contribution >= 4 is 29.8 Å². The summed E-state index contributed by atoms with van der Waals surface area (Å²) in [6.07, 6.45) is 2.47. The lowest BCUT2D eigenvalue weighted by Crippen LogP contribution is -2.51. The number of anilines is 1. The van der Waals surface area contributed by atoms with Crippen LogP contribution >= 0.6 is 0 Å². The lowest BCUT2D eigenvalue weighted by Gasteiger charge is -2.36. The summed E-state index contributed by atoms with van der Waals surface area (Å²) >= 11 is 0. The van der Waals surface area contributed by atoms with Gasteiger partial charge < -0.3 is 10.0 Å². The van der Waals surface area contributed by atoms with Gasteiger partial charge in [0.25, 0.3) is 0 Å². The molecule has 31 heavy (non-hydrogen) atoms. The number of rotatable bonds is 9. The summed E-state index contributed by atoms with van der Waals surface area (Å²) < 4.78 is 0. The second-order valence-corrected chi connectivity index (χ2v) is 8.21. The number of carbonyl (C=O) groups is 4. The van der Waals surface area contributed by atoms with Crippen LogP contribution in [0.4, 0.5) is 5.69 Å². The van der Waals surface area contributed by atoms with Crippen molar-refractivity contribution < 1.29 is 24.3 Å². The molecule has 168 valence electrons. The molecule has 2 fully saturated rings. The highest BCUT2D eigenvalue weighted by molar-refractivity contribution is 6.00. The third-order valence-electron chi connectivity index (χ3n) is 6.02.